The molecule has 2 heterocycles. The van der Waals surface area contributed by atoms with Crippen LogP contribution in [-0.4, -0.2) is 32.3 Å². The van der Waals surface area contributed by atoms with Crippen molar-refractivity contribution >= 4 is 17.6 Å². The van der Waals surface area contributed by atoms with Crippen molar-refractivity contribution in [1.82, 2.24) is 20.3 Å². The fourth-order valence-corrected chi connectivity index (χ4v) is 4.55. The van der Waals surface area contributed by atoms with Crippen molar-refractivity contribution in [2.45, 2.75) is 51.0 Å². The highest BCUT2D eigenvalue weighted by atomic mass is 16.2. The number of carbonyl (C=O) groups excluding carboxylic acids is 2. The molecule has 2 aliphatic carbocycles. The van der Waals surface area contributed by atoms with Gasteiger partial charge in [-0.2, -0.15) is 0 Å². The quantitative estimate of drug-likeness (QED) is 0.868. The largest absolute Gasteiger partial charge is 0.345 e. The SMILES string of the molecule is Cc1cccc(NC(=O)C23CCCC(NC(=O)c4cnccn4)(CC2)C3)n1. The van der Waals surface area contributed by atoms with Crippen molar-refractivity contribution in [3.05, 3.63) is 48.2 Å². The Labute approximate surface area is 158 Å². The van der Waals surface area contributed by atoms with Gasteiger partial charge in [0.2, 0.25) is 5.91 Å². The Morgan fingerprint density at radius 1 is 1.11 bits per heavy atom. The smallest absolute Gasteiger partial charge is 0.271 e. The summed E-state index contributed by atoms with van der Waals surface area (Å²) in [6.07, 6.45) is 9.38. The molecule has 7 nitrogen and oxygen atoms in total. The summed E-state index contributed by atoms with van der Waals surface area (Å²) in [5, 5.41) is 6.14. The van der Waals surface area contributed by atoms with Crippen molar-refractivity contribution in [3.8, 4) is 0 Å². The van der Waals surface area contributed by atoms with E-state index in [0.29, 0.717) is 17.9 Å². The maximum atomic E-state index is 13.1. The lowest BCUT2D eigenvalue weighted by Crippen LogP contribution is -2.51. The fraction of sp³-hybridized carbons (Fsp3) is 0.450. The van der Waals surface area contributed by atoms with Gasteiger partial charge in [0.05, 0.1) is 11.6 Å². The van der Waals surface area contributed by atoms with Gasteiger partial charge in [0, 0.05) is 23.6 Å². The van der Waals surface area contributed by atoms with Gasteiger partial charge in [-0.05, 0) is 51.2 Å². The molecule has 2 amide bonds. The van der Waals surface area contributed by atoms with Crippen LogP contribution in [-0.2, 0) is 4.79 Å². The summed E-state index contributed by atoms with van der Waals surface area (Å²) in [5.74, 6) is 0.374. The molecule has 0 spiro atoms. The molecule has 4 rings (SSSR count). The van der Waals surface area contributed by atoms with Crippen molar-refractivity contribution in [2.24, 2.45) is 5.41 Å². The van der Waals surface area contributed by atoms with Crippen molar-refractivity contribution in [2.75, 3.05) is 5.32 Å². The first-order valence-electron chi connectivity index (χ1n) is 9.34. The molecule has 2 aliphatic rings. The van der Waals surface area contributed by atoms with E-state index in [4.69, 9.17) is 0 Å². The number of pyridine rings is 1. The van der Waals surface area contributed by atoms with E-state index in [-0.39, 0.29) is 17.4 Å². The standard InChI is InChI=1S/C20H23N5O2/c1-14-4-2-5-16(23-14)24-18(27)19-6-3-7-20(13-19,9-8-19)25-17(26)15-12-21-10-11-22-15/h2,4-5,10-12H,3,6-9,13H2,1H3,(H,25,26)(H,23,24,27). The number of aryl methyl sites for hydroxylation is 1. The van der Waals surface area contributed by atoms with Gasteiger partial charge in [0.15, 0.2) is 0 Å². The van der Waals surface area contributed by atoms with E-state index < -0.39 is 5.41 Å². The molecule has 27 heavy (non-hydrogen) atoms. The summed E-state index contributed by atoms with van der Waals surface area (Å²) in [6, 6.07) is 5.59. The highest BCUT2D eigenvalue weighted by molar-refractivity contribution is 5.96. The number of hydrogen-bond donors (Lipinski definition) is 2. The van der Waals surface area contributed by atoms with Gasteiger partial charge in [0.1, 0.15) is 11.5 Å². The summed E-state index contributed by atoms with van der Waals surface area (Å²) in [5.41, 5.74) is 0.387. The lowest BCUT2D eigenvalue weighted by molar-refractivity contribution is -0.126. The third kappa shape index (κ3) is 3.41. The van der Waals surface area contributed by atoms with Crippen molar-refractivity contribution in [1.29, 1.82) is 0 Å². The van der Waals surface area contributed by atoms with Gasteiger partial charge in [-0.15, -0.1) is 0 Å². The molecule has 2 atom stereocenters. The highest BCUT2D eigenvalue weighted by Crippen LogP contribution is 2.54. The third-order valence-electron chi connectivity index (χ3n) is 5.86. The van der Waals surface area contributed by atoms with Crippen LogP contribution in [0.1, 0.15) is 54.7 Å². The van der Waals surface area contributed by atoms with Crippen LogP contribution in [0.4, 0.5) is 5.82 Å². The number of rotatable bonds is 4. The van der Waals surface area contributed by atoms with Crippen LogP contribution in [0.3, 0.4) is 0 Å². The molecular formula is C20H23N5O2. The van der Waals surface area contributed by atoms with Gasteiger partial charge in [-0.1, -0.05) is 12.5 Å². The number of carbonyl (C=O) groups is 2. The Hall–Kier alpha value is -2.83. The molecular weight excluding hydrogens is 342 g/mol. The summed E-state index contributed by atoms with van der Waals surface area (Å²) >= 11 is 0. The van der Waals surface area contributed by atoms with Gasteiger partial charge in [-0.3, -0.25) is 14.6 Å². The second kappa shape index (κ2) is 6.72. The normalized spacial score (nSPS) is 26.4. The molecule has 140 valence electrons. The topological polar surface area (TPSA) is 96.9 Å². The van der Waals surface area contributed by atoms with Gasteiger partial charge >= 0.3 is 0 Å². The van der Waals surface area contributed by atoms with Crippen molar-refractivity contribution < 1.29 is 9.59 Å². The zero-order valence-electron chi connectivity index (χ0n) is 15.4. The molecule has 2 aromatic rings. The first-order valence-corrected chi connectivity index (χ1v) is 9.34. The third-order valence-corrected chi connectivity index (χ3v) is 5.86. The Balaban J connectivity index is 1.49. The zero-order chi connectivity index (χ0) is 18.9. The Bertz CT molecular complexity index is 872. The Morgan fingerprint density at radius 3 is 2.78 bits per heavy atom. The van der Waals surface area contributed by atoms with E-state index in [1.807, 2.05) is 25.1 Å². The fourth-order valence-electron chi connectivity index (χ4n) is 4.55. The van der Waals surface area contributed by atoms with Gasteiger partial charge < -0.3 is 10.6 Å². The zero-order valence-corrected chi connectivity index (χ0v) is 15.4. The first kappa shape index (κ1) is 17.6. The molecule has 2 aromatic heterocycles. The lowest BCUT2D eigenvalue weighted by Gasteiger charge is -2.39. The number of nitrogens with zero attached hydrogens (tertiary/aromatic N) is 3. The molecule has 7 heteroatoms. The average Bonchev–Trinajstić information content (AvgIpc) is 2.93. The summed E-state index contributed by atoms with van der Waals surface area (Å²) in [6.45, 7) is 1.90. The summed E-state index contributed by atoms with van der Waals surface area (Å²) in [4.78, 5) is 38.1. The number of anilines is 1. The Morgan fingerprint density at radius 2 is 2.00 bits per heavy atom. The van der Waals surface area contributed by atoms with Crippen LogP contribution in [0.15, 0.2) is 36.8 Å². The minimum Gasteiger partial charge on any atom is -0.345 e. The van der Waals surface area contributed by atoms with E-state index in [9.17, 15) is 9.59 Å². The molecule has 2 saturated carbocycles. The van der Waals surface area contributed by atoms with Crippen LogP contribution >= 0.6 is 0 Å². The molecule has 2 bridgehead atoms. The predicted octanol–water partition coefficient (Wildman–Crippen LogP) is 2.64. The maximum absolute atomic E-state index is 13.1. The number of amides is 2. The minimum atomic E-state index is -0.445. The second-order valence-electron chi connectivity index (χ2n) is 7.75. The number of fused-ring (bicyclic) bond motifs is 2. The molecule has 0 aliphatic heterocycles. The van der Waals surface area contributed by atoms with Crippen LogP contribution in [0.25, 0.3) is 0 Å². The summed E-state index contributed by atoms with van der Waals surface area (Å²) < 4.78 is 0. The van der Waals surface area contributed by atoms with E-state index in [2.05, 4.69) is 25.6 Å². The number of nitrogens with one attached hydrogen (secondary N) is 2. The monoisotopic (exact) mass is 365 g/mol. The van der Waals surface area contributed by atoms with Crippen LogP contribution in [0.5, 0.6) is 0 Å². The van der Waals surface area contributed by atoms with Gasteiger partial charge in [-0.25, -0.2) is 9.97 Å². The van der Waals surface area contributed by atoms with E-state index in [0.717, 1.165) is 37.8 Å². The van der Waals surface area contributed by atoms with E-state index >= 15 is 0 Å². The number of aromatic nitrogens is 3. The van der Waals surface area contributed by atoms with E-state index in [1.54, 1.807) is 6.20 Å². The average molecular weight is 365 g/mol. The molecule has 0 radical (unpaired) electrons. The minimum absolute atomic E-state index is 0.0101. The van der Waals surface area contributed by atoms with E-state index in [1.165, 1.54) is 12.4 Å². The highest BCUT2D eigenvalue weighted by Gasteiger charge is 2.55. The lowest BCUT2D eigenvalue weighted by atomic mass is 9.72. The van der Waals surface area contributed by atoms with Gasteiger partial charge in [0.25, 0.3) is 5.91 Å². The molecule has 0 aromatic carbocycles. The van der Waals surface area contributed by atoms with Crippen LogP contribution in [0.2, 0.25) is 0 Å². The van der Waals surface area contributed by atoms with Crippen LogP contribution in [0, 0.1) is 12.3 Å². The number of hydrogen-bond acceptors (Lipinski definition) is 5. The summed E-state index contributed by atoms with van der Waals surface area (Å²) in [7, 11) is 0. The molecule has 2 unspecified atom stereocenters. The second-order valence-corrected chi connectivity index (χ2v) is 7.75. The molecule has 2 fully saturated rings. The molecule has 2 N–H and O–H groups in total. The predicted molar refractivity (Wildman–Crippen MR) is 100.0 cm³/mol. The first-order chi connectivity index (χ1) is 13.0. The molecule has 0 saturated heterocycles. The van der Waals surface area contributed by atoms with Crippen LogP contribution < -0.4 is 10.6 Å². The van der Waals surface area contributed by atoms with Crippen molar-refractivity contribution in [3.63, 3.8) is 0 Å². The Kier molecular flexibility index (Phi) is 4.37. The maximum Gasteiger partial charge on any atom is 0.271 e.